The maximum absolute atomic E-state index is 11.6. The molecule has 16 heavy (non-hydrogen) atoms. The van der Waals surface area contributed by atoms with Crippen LogP contribution in [-0.4, -0.2) is 24.3 Å². The number of rotatable bonds is 5. The standard InChI is InChI=1S/C11H16N2O2S/c1-7(2)10(12)11(15)13-6-8(14)9-4-3-5-16-9/h3-5,7,10H,6,12H2,1-2H3,(H,13,15)/t10-/m0/s1. The molecule has 1 aromatic rings. The maximum Gasteiger partial charge on any atom is 0.237 e. The molecule has 0 unspecified atom stereocenters. The van der Waals surface area contributed by atoms with Crippen molar-refractivity contribution in [3.63, 3.8) is 0 Å². The van der Waals surface area contributed by atoms with E-state index in [1.807, 2.05) is 19.2 Å². The van der Waals surface area contributed by atoms with Gasteiger partial charge in [-0.05, 0) is 17.4 Å². The zero-order valence-electron chi connectivity index (χ0n) is 9.40. The summed E-state index contributed by atoms with van der Waals surface area (Å²) in [6.45, 7) is 3.75. The molecular formula is C11H16N2O2S. The first-order valence-electron chi connectivity index (χ1n) is 5.12. The topological polar surface area (TPSA) is 72.2 Å². The molecule has 1 heterocycles. The summed E-state index contributed by atoms with van der Waals surface area (Å²) in [4.78, 5) is 23.7. The zero-order chi connectivity index (χ0) is 12.1. The lowest BCUT2D eigenvalue weighted by Gasteiger charge is -2.14. The molecule has 1 aromatic heterocycles. The normalized spacial score (nSPS) is 12.5. The van der Waals surface area contributed by atoms with Crippen molar-refractivity contribution in [3.8, 4) is 0 Å². The lowest BCUT2D eigenvalue weighted by Crippen LogP contribution is -2.45. The first-order chi connectivity index (χ1) is 7.52. The third kappa shape index (κ3) is 3.43. The Labute approximate surface area is 98.8 Å². The minimum atomic E-state index is -0.559. The lowest BCUT2D eigenvalue weighted by atomic mass is 10.1. The summed E-state index contributed by atoms with van der Waals surface area (Å²) < 4.78 is 0. The van der Waals surface area contributed by atoms with Crippen molar-refractivity contribution in [2.45, 2.75) is 19.9 Å². The fraction of sp³-hybridized carbons (Fsp3) is 0.455. The Hall–Kier alpha value is -1.20. The summed E-state index contributed by atoms with van der Waals surface area (Å²) in [6.07, 6.45) is 0. The smallest absolute Gasteiger partial charge is 0.237 e. The second-order valence-electron chi connectivity index (χ2n) is 3.89. The first-order valence-corrected chi connectivity index (χ1v) is 6.00. The predicted octanol–water partition coefficient (Wildman–Crippen LogP) is 1.03. The molecule has 0 saturated heterocycles. The van der Waals surface area contributed by atoms with E-state index in [1.54, 1.807) is 12.1 Å². The molecule has 4 nitrogen and oxygen atoms in total. The largest absolute Gasteiger partial charge is 0.347 e. The quantitative estimate of drug-likeness (QED) is 0.755. The van der Waals surface area contributed by atoms with Gasteiger partial charge in [0.15, 0.2) is 5.78 Å². The van der Waals surface area contributed by atoms with Gasteiger partial charge in [0.25, 0.3) is 0 Å². The Morgan fingerprint density at radius 2 is 2.19 bits per heavy atom. The Bertz CT molecular complexity index is 360. The van der Waals surface area contributed by atoms with Gasteiger partial charge in [-0.3, -0.25) is 9.59 Å². The van der Waals surface area contributed by atoms with E-state index in [9.17, 15) is 9.59 Å². The van der Waals surface area contributed by atoms with Crippen LogP contribution in [0.2, 0.25) is 0 Å². The summed E-state index contributed by atoms with van der Waals surface area (Å²) in [5.41, 5.74) is 5.64. The summed E-state index contributed by atoms with van der Waals surface area (Å²) in [6, 6.07) is 2.98. The van der Waals surface area contributed by atoms with Gasteiger partial charge in [-0.2, -0.15) is 0 Å². The summed E-state index contributed by atoms with van der Waals surface area (Å²) >= 11 is 1.37. The third-order valence-corrected chi connectivity index (χ3v) is 3.15. The Kier molecular flexibility index (Phi) is 4.64. The molecule has 1 amide bonds. The average molecular weight is 240 g/mol. The zero-order valence-corrected chi connectivity index (χ0v) is 10.2. The van der Waals surface area contributed by atoms with Crippen LogP contribution >= 0.6 is 11.3 Å². The Morgan fingerprint density at radius 1 is 1.50 bits per heavy atom. The number of ketones is 1. The molecule has 0 fully saturated rings. The van der Waals surface area contributed by atoms with E-state index in [-0.39, 0.29) is 24.2 Å². The van der Waals surface area contributed by atoms with Crippen molar-refractivity contribution in [2.24, 2.45) is 11.7 Å². The van der Waals surface area contributed by atoms with Crippen molar-refractivity contribution < 1.29 is 9.59 Å². The van der Waals surface area contributed by atoms with E-state index in [0.717, 1.165) is 0 Å². The summed E-state index contributed by atoms with van der Waals surface area (Å²) in [7, 11) is 0. The van der Waals surface area contributed by atoms with Crippen molar-refractivity contribution in [1.29, 1.82) is 0 Å². The van der Waals surface area contributed by atoms with Crippen LogP contribution in [0.4, 0.5) is 0 Å². The Morgan fingerprint density at radius 3 is 2.69 bits per heavy atom. The summed E-state index contributed by atoms with van der Waals surface area (Å²) in [5, 5.41) is 4.37. The highest BCUT2D eigenvalue weighted by Crippen LogP contribution is 2.08. The van der Waals surface area contributed by atoms with Crippen LogP contribution in [0.15, 0.2) is 17.5 Å². The summed E-state index contributed by atoms with van der Waals surface area (Å²) in [5.74, 6) is -0.295. The van der Waals surface area contributed by atoms with Crippen LogP contribution in [0, 0.1) is 5.92 Å². The number of carbonyl (C=O) groups is 2. The second-order valence-corrected chi connectivity index (χ2v) is 4.84. The van der Waals surface area contributed by atoms with Gasteiger partial charge in [-0.25, -0.2) is 0 Å². The number of hydrogen-bond acceptors (Lipinski definition) is 4. The lowest BCUT2D eigenvalue weighted by molar-refractivity contribution is -0.123. The molecule has 0 spiro atoms. The highest BCUT2D eigenvalue weighted by Gasteiger charge is 2.18. The molecule has 88 valence electrons. The highest BCUT2D eigenvalue weighted by atomic mass is 32.1. The van der Waals surface area contributed by atoms with Gasteiger partial charge in [0.05, 0.1) is 17.5 Å². The van der Waals surface area contributed by atoms with Crippen LogP contribution in [0.25, 0.3) is 0 Å². The molecule has 0 saturated carbocycles. The van der Waals surface area contributed by atoms with Crippen LogP contribution in [-0.2, 0) is 4.79 Å². The molecule has 0 bridgehead atoms. The molecular weight excluding hydrogens is 224 g/mol. The van der Waals surface area contributed by atoms with Crippen molar-refractivity contribution >= 4 is 23.0 Å². The van der Waals surface area contributed by atoms with E-state index >= 15 is 0 Å². The monoisotopic (exact) mass is 240 g/mol. The molecule has 0 aliphatic heterocycles. The van der Waals surface area contributed by atoms with Gasteiger partial charge < -0.3 is 11.1 Å². The van der Waals surface area contributed by atoms with Crippen molar-refractivity contribution in [2.75, 3.05) is 6.54 Å². The number of hydrogen-bond donors (Lipinski definition) is 2. The van der Waals surface area contributed by atoms with Crippen LogP contribution in [0.5, 0.6) is 0 Å². The van der Waals surface area contributed by atoms with E-state index in [0.29, 0.717) is 4.88 Å². The van der Waals surface area contributed by atoms with Crippen molar-refractivity contribution in [3.05, 3.63) is 22.4 Å². The number of Topliss-reactive ketones (excluding diaryl/α,β-unsaturated/α-hetero) is 1. The third-order valence-electron chi connectivity index (χ3n) is 2.24. The number of thiophene rings is 1. The molecule has 1 rings (SSSR count). The first kappa shape index (κ1) is 12.9. The van der Waals surface area contributed by atoms with E-state index in [1.165, 1.54) is 11.3 Å². The highest BCUT2D eigenvalue weighted by molar-refractivity contribution is 7.12. The molecule has 0 aliphatic carbocycles. The van der Waals surface area contributed by atoms with Gasteiger partial charge in [-0.15, -0.1) is 11.3 Å². The fourth-order valence-corrected chi connectivity index (χ4v) is 1.78. The van der Waals surface area contributed by atoms with Gasteiger partial charge in [0, 0.05) is 0 Å². The van der Waals surface area contributed by atoms with Gasteiger partial charge in [0.2, 0.25) is 5.91 Å². The van der Waals surface area contributed by atoms with Crippen LogP contribution in [0.1, 0.15) is 23.5 Å². The Balaban J connectivity index is 2.41. The van der Waals surface area contributed by atoms with E-state index in [4.69, 9.17) is 5.73 Å². The number of carbonyl (C=O) groups excluding carboxylic acids is 2. The molecule has 3 N–H and O–H groups in total. The fourth-order valence-electron chi connectivity index (χ4n) is 1.11. The van der Waals surface area contributed by atoms with Crippen LogP contribution < -0.4 is 11.1 Å². The number of amides is 1. The maximum atomic E-state index is 11.6. The second kappa shape index (κ2) is 5.77. The van der Waals surface area contributed by atoms with E-state index < -0.39 is 6.04 Å². The SMILES string of the molecule is CC(C)[C@H](N)C(=O)NCC(=O)c1cccs1. The van der Waals surface area contributed by atoms with Crippen molar-refractivity contribution in [1.82, 2.24) is 5.32 Å². The molecule has 1 atom stereocenters. The van der Waals surface area contributed by atoms with E-state index in [2.05, 4.69) is 5.32 Å². The number of nitrogens with one attached hydrogen (secondary N) is 1. The van der Waals surface area contributed by atoms with Gasteiger partial charge in [0.1, 0.15) is 0 Å². The average Bonchev–Trinajstić information content (AvgIpc) is 2.77. The van der Waals surface area contributed by atoms with Gasteiger partial charge >= 0.3 is 0 Å². The molecule has 0 radical (unpaired) electrons. The van der Waals surface area contributed by atoms with Gasteiger partial charge in [-0.1, -0.05) is 19.9 Å². The molecule has 5 heteroatoms. The van der Waals surface area contributed by atoms with Crippen LogP contribution in [0.3, 0.4) is 0 Å². The minimum Gasteiger partial charge on any atom is -0.347 e. The molecule has 0 aromatic carbocycles. The predicted molar refractivity (Wildman–Crippen MR) is 64.5 cm³/mol. The number of nitrogens with two attached hydrogens (primary N) is 1. The molecule has 0 aliphatic rings. The minimum absolute atomic E-state index is 0.0137.